The SMILES string of the molecule is O=C(O)c1cn(CCNC(=O)c2c(Cl)cccc2Cl)nn1. The summed E-state index contributed by atoms with van der Waals surface area (Å²) >= 11 is 11.8. The molecule has 1 amide bonds. The van der Waals surface area contributed by atoms with Gasteiger partial charge in [-0.05, 0) is 12.1 Å². The van der Waals surface area contributed by atoms with E-state index < -0.39 is 11.9 Å². The van der Waals surface area contributed by atoms with E-state index in [1.165, 1.54) is 10.9 Å². The number of carbonyl (C=O) groups is 2. The third-order valence-electron chi connectivity index (χ3n) is 2.57. The van der Waals surface area contributed by atoms with E-state index in [1.807, 2.05) is 0 Å². The summed E-state index contributed by atoms with van der Waals surface area (Å²) < 4.78 is 1.32. The molecule has 7 nitrogen and oxygen atoms in total. The van der Waals surface area contributed by atoms with Crippen molar-refractivity contribution in [3.63, 3.8) is 0 Å². The predicted molar refractivity (Wildman–Crippen MR) is 75.8 cm³/mol. The Morgan fingerprint density at radius 3 is 2.52 bits per heavy atom. The van der Waals surface area contributed by atoms with Crippen LogP contribution in [0.25, 0.3) is 0 Å². The van der Waals surface area contributed by atoms with Crippen molar-refractivity contribution in [2.75, 3.05) is 6.54 Å². The Kier molecular flexibility index (Phi) is 4.77. The largest absolute Gasteiger partial charge is 0.476 e. The van der Waals surface area contributed by atoms with Crippen LogP contribution in [0.1, 0.15) is 20.8 Å². The second kappa shape index (κ2) is 6.55. The lowest BCUT2D eigenvalue weighted by molar-refractivity contribution is 0.0690. The Morgan fingerprint density at radius 1 is 1.29 bits per heavy atom. The molecule has 9 heteroatoms. The van der Waals surface area contributed by atoms with Crippen LogP contribution >= 0.6 is 23.2 Å². The van der Waals surface area contributed by atoms with Crippen LogP contribution in [0.3, 0.4) is 0 Å². The minimum absolute atomic E-state index is 0.157. The highest BCUT2D eigenvalue weighted by Gasteiger charge is 2.14. The molecule has 0 aliphatic heterocycles. The van der Waals surface area contributed by atoms with E-state index in [0.29, 0.717) is 0 Å². The molecule has 2 N–H and O–H groups in total. The Labute approximate surface area is 129 Å². The van der Waals surface area contributed by atoms with Crippen LogP contribution < -0.4 is 5.32 Å². The maximum atomic E-state index is 12.0. The van der Waals surface area contributed by atoms with E-state index in [0.717, 1.165) is 0 Å². The van der Waals surface area contributed by atoms with Gasteiger partial charge < -0.3 is 10.4 Å². The van der Waals surface area contributed by atoms with E-state index in [2.05, 4.69) is 15.6 Å². The van der Waals surface area contributed by atoms with Gasteiger partial charge in [-0.2, -0.15) is 0 Å². The number of hydrogen-bond acceptors (Lipinski definition) is 4. The van der Waals surface area contributed by atoms with Crippen LogP contribution in [-0.4, -0.2) is 38.5 Å². The highest BCUT2D eigenvalue weighted by atomic mass is 35.5. The minimum Gasteiger partial charge on any atom is -0.476 e. The molecule has 1 heterocycles. The molecule has 0 saturated carbocycles. The van der Waals surface area contributed by atoms with Gasteiger partial charge in [0.05, 0.1) is 28.4 Å². The van der Waals surface area contributed by atoms with Crippen LogP contribution in [0, 0.1) is 0 Å². The number of amides is 1. The molecule has 0 fully saturated rings. The third kappa shape index (κ3) is 3.71. The fourth-order valence-electron chi connectivity index (χ4n) is 1.59. The number of halogens is 2. The van der Waals surface area contributed by atoms with Crippen molar-refractivity contribution in [3.8, 4) is 0 Å². The first kappa shape index (κ1) is 15.3. The van der Waals surface area contributed by atoms with Crippen molar-refractivity contribution in [3.05, 3.63) is 45.7 Å². The first-order valence-electron chi connectivity index (χ1n) is 5.84. The molecule has 2 aromatic rings. The van der Waals surface area contributed by atoms with Crippen molar-refractivity contribution in [1.82, 2.24) is 20.3 Å². The molecule has 21 heavy (non-hydrogen) atoms. The average molecular weight is 329 g/mol. The zero-order chi connectivity index (χ0) is 15.4. The average Bonchev–Trinajstić information content (AvgIpc) is 2.87. The number of aromatic nitrogens is 3. The monoisotopic (exact) mass is 328 g/mol. The third-order valence-corrected chi connectivity index (χ3v) is 3.20. The number of hydrogen-bond donors (Lipinski definition) is 2. The number of carboxylic acids is 1. The number of nitrogens with zero attached hydrogens (tertiary/aromatic N) is 3. The first-order valence-corrected chi connectivity index (χ1v) is 6.60. The van der Waals surface area contributed by atoms with Gasteiger partial charge in [0.1, 0.15) is 0 Å². The lowest BCUT2D eigenvalue weighted by Crippen LogP contribution is -2.27. The summed E-state index contributed by atoms with van der Waals surface area (Å²) in [7, 11) is 0. The number of benzene rings is 1. The molecule has 0 radical (unpaired) electrons. The van der Waals surface area contributed by atoms with Crippen molar-refractivity contribution in [2.24, 2.45) is 0 Å². The Bertz CT molecular complexity index is 667. The summed E-state index contributed by atoms with van der Waals surface area (Å²) in [5.74, 6) is -1.57. The van der Waals surface area contributed by atoms with Gasteiger partial charge in [0.2, 0.25) is 0 Å². The molecule has 110 valence electrons. The molecule has 0 spiro atoms. The van der Waals surface area contributed by atoms with Crippen molar-refractivity contribution in [1.29, 1.82) is 0 Å². The Hall–Kier alpha value is -2.12. The minimum atomic E-state index is -1.16. The molecule has 0 aliphatic rings. The number of carboxylic acid groups (broad SMARTS) is 1. The van der Waals surface area contributed by atoms with Gasteiger partial charge in [0.25, 0.3) is 5.91 Å². The molecule has 1 aromatic heterocycles. The quantitative estimate of drug-likeness (QED) is 0.870. The van der Waals surface area contributed by atoms with Crippen molar-refractivity contribution >= 4 is 35.1 Å². The van der Waals surface area contributed by atoms with Gasteiger partial charge in [-0.3, -0.25) is 4.79 Å². The van der Waals surface area contributed by atoms with Crippen LogP contribution in [0.2, 0.25) is 10.0 Å². The van der Waals surface area contributed by atoms with Gasteiger partial charge in [-0.15, -0.1) is 5.10 Å². The molecule has 0 saturated heterocycles. The second-order valence-corrected chi connectivity index (χ2v) is 4.84. The van der Waals surface area contributed by atoms with Crippen LogP contribution in [0.15, 0.2) is 24.4 Å². The molecular weight excluding hydrogens is 319 g/mol. The maximum absolute atomic E-state index is 12.0. The van der Waals surface area contributed by atoms with E-state index in [9.17, 15) is 9.59 Å². The lowest BCUT2D eigenvalue weighted by Gasteiger charge is -2.08. The van der Waals surface area contributed by atoms with Gasteiger partial charge in [0.15, 0.2) is 5.69 Å². The molecule has 0 bridgehead atoms. The number of rotatable bonds is 5. The van der Waals surface area contributed by atoms with Gasteiger partial charge in [-0.25, -0.2) is 9.48 Å². The van der Waals surface area contributed by atoms with Gasteiger partial charge in [-0.1, -0.05) is 34.5 Å². The summed E-state index contributed by atoms with van der Waals surface area (Å²) in [6, 6.07) is 4.78. The fourth-order valence-corrected chi connectivity index (χ4v) is 2.16. The summed E-state index contributed by atoms with van der Waals surface area (Å²) in [5.41, 5.74) is 0.0427. The summed E-state index contributed by atoms with van der Waals surface area (Å²) in [5, 5.41) is 18.9. The molecule has 2 rings (SSSR count). The second-order valence-electron chi connectivity index (χ2n) is 4.02. The van der Waals surface area contributed by atoms with Crippen molar-refractivity contribution in [2.45, 2.75) is 6.54 Å². The smallest absolute Gasteiger partial charge is 0.358 e. The van der Waals surface area contributed by atoms with Crippen LogP contribution in [-0.2, 0) is 6.54 Å². The highest BCUT2D eigenvalue weighted by molar-refractivity contribution is 6.39. The normalized spacial score (nSPS) is 10.4. The lowest BCUT2D eigenvalue weighted by atomic mass is 10.2. The summed E-state index contributed by atoms with van der Waals surface area (Å²) in [6.45, 7) is 0.497. The standard InChI is InChI=1S/C12H10Cl2N4O3/c13-7-2-1-3-8(14)10(7)11(19)15-4-5-18-6-9(12(20)21)16-17-18/h1-3,6H,4-5H2,(H,15,19)(H,20,21). The zero-order valence-electron chi connectivity index (χ0n) is 10.6. The predicted octanol–water partition coefficient (Wildman–Crippen LogP) is 1.71. The Morgan fingerprint density at radius 2 is 1.95 bits per heavy atom. The zero-order valence-corrected chi connectivity index (χ0v) is 12.1. The molecule has 0 atom stereocenters. The van der Waals surface area contributed by atoms with E-state index >= 15 is 0 Å². The topological polar surface area (TPSA) is 97.1 Å². The van der Waals surface area contributed by atoms with Crippen LogP contribution in [0.4, 0.5) is 0 Å². The summed E-state index contributed by atoms with van der Waals surface area (Å²) in [4.78, 5) is 22.6. The highest BCUT2D eigenvalue weighted by Crippen LogP contribution is 2.23. The molecular formula is C12H10Cl2N4O3. The van der Waals surface area contributed by atoms with E-state index in [-0.39, 0.29) is 34.4 Å². The maximum Gasteiger partial charge on any atom is 0.358 e. The Balaban J connectivity index is 1.94. The fraction of sp³-hybridized carbons (Fsp3) is 0.167. The van der Waals surface area contributed by atoms with E-state index in [4.69, 9.17) is 28.3 Å². The number of carbonyl (C=O) groups excluding carboxylic acids is 1. The van der Waals surface area contributed by atoms with Gasteiger partial charge >= 0.3 is 5.97 Å². The molecule has 1 aromatic carbocycles. The van der Waals surface area contributed by atoms with Crippen molar-refractivity contribution < 1.29 is 14.7 Å². The number of aromatic carboxylic acids is 1. The van der Waals surface area contributed by atoms with Gasteiger partial charge in [0, 0.05) is 6.54 Å². The first-order chi connectivity index (χ1) is 9.99. The number of nitrogens with one attached hydrogen (secondary N) is 1. The molecule has 0 unspecified atom stereocenters. The summed E-state index contributed by atoms with van der Waals surface area (Å²) in [6.07, 6.45) is 1.27. The van der Waals surface area contributed by atoms with E-state index in [1.54, 1.807) is 18.2 Å². The molecule has 0 aliphatic carbocycles. The van der Waals surface area contributed by atoms with Crippen LogP contribution in [0.5, 0.6) is 0 Å².